The minimum Gasteiger partial charge on any atom is -0.477 e. The SMILES string of the molecule is O=C(Nc1c2c(cc3c1CCC3)CCC2)NS(=O)(=N[N+](=O)[O-])c1cnn2c1OCCC2. The van der Waals surface area contributed by atoms with Crippen LogP contribution in [-0.2, 0) is 42.1 Å². The fraction of sp³-hybridized carbons (Fsp3) is 0.474. The van der Waals surface area contributed by atoms with Gasteiger partial charge in [-0.15, -0.1) is 0 Å². The van der Waals surface area contributed by atoms with Crippen LogP contribution in [0.4, 0.5) is 10.5 Å². The number of aryl methyl sites for hydroxylation is 3. The molecular weight excluding hydrogens is 424 g/mol. The monoisotopic (exact) mass is 446 g/mol. The van der Waals surface area contributed by atoms with Crippen LogP contribution < -0.4 is 14.8 Å². The molecule has 2 heterocycles. The van der Waals surface area contributed by atoms with Gasteiger partial charge in [-0.05, 0) is 60.8 Å². The lowest BCUT2D eigenvalue weighted by molar-refractivity contribution is -0.482. The zero-order chi connectivity index (χ0) is 21.6. The summed E-state index contributed by atoms with van der Waals surface area (Å²) < 4.78 is 25.8. The number of nitro groups is 1. The van der Waals surface area contributed by atoms with E-state index in [-0.39, 0.29) is 10.8 Å². The molecule has 11 nitrogen and oxygen atoms in total. The molecule has 2 amide bonds. The van der Waals surface area contributed by atoms with E-state index in [0.717, 1.165) is 55.3 Å². The fourth-order valence-electron chi connectivity index (χ4n) is 4.68. The molecule has 31 heavy (non-hydrogen) atoms. The Labute approximate surface area is 178 Å². The van der Waals surface area contributed by atoms with Crippen molar-refractivity contribution in [2.75, 3.05) is 11.9 Å². The van der Waals surface area contributed by atoms with Gasteiger partial charge in [0.2, 0.25) is 20.8 Å². The van der Waals surface area contributed by atoms with Crippen LogP contribution in [0.1, 0.15) is 41.5 Å². The molecule has 2 N–H and O–H groups in total. The summed E-state index contributed by atoms with van der Waals surface area (Å²) in [6.45, 7) is 0.888. The molecule has 12 heteroatoms. The van der Waals surface area contributed by atoms with E-state index in [4.69, 9.17) is 4.74 Å². The largest absolute Gasteiger partial charge is 0.477 e. The summed E-state index contributed by atoms with van der Waals surface area (Å²) in [6.07, 6.45) is 7.59. The minimum absolute atomic E-state index is 0.109. The molecule has 0 bridgehead atoms. The van der Waals surface area contributed by atoms with Crippen LogP contribution in [-0.4, -0.2) is 31.7 Å². The summed E-state index contributed by atoms with van der Waals surface area (Å²) in [5, 5.41) is 17.0. The zero-order valence-corrected chi connectivity index (χ0v) is 17.6. The first-order valence-corrected chi connectivity index (χ1v) is 11.8. The van der Waals surface area contributed by atoms with Gasteiger partial charge in [-0.25, -0.2) is 28.5 Å². The number of nitrogens with one attached hydrogen (secondary N) is 2. The number of carbonyl (C=O) groups is 1. The molecule has 2 aromatic rings. The number of anilines is 1. The second kappa shape index (κ2) is 7.52. The van der Waals surface area contributed by atoms with E-state index in [0.29, 0.717) is 19.6 Å². The maximum absolute atomic E-state index is 13.5. The highest BCUT2D eigenvalue weighted by Crippen LogP contribution is 2.38. The first-order valence-electron chi connectivity index (χ1n) is 10.3. The number of urea groups is 1. The Hall–Kier alpha value is -3.15. The van der Waals surface area contributed by atoms with Gasteiger partial charge in [-0.3, -0.25) is 0 Å². The molecule has 3 aliphatic rings. The van der Waals surface area contributed by atoms with Crippen LogP contribution in [0, 0.1) is 10.1 Å². The van der Waals surface area contributed by atoms with E-state index in [1.54, 1.807) is 0 Å². The van der Waals surface area contributed by atoms with Crippen LogP contribution >= 0.6 is 0 Å². The molecule has 1 aromatic carbocycles. The number of hydrogen-bond acceptors (Lipinski definition) is 6. The lowest BCUT2D eigenvalue weighted by Gasteiger charge is -2.18. The fourth-order valence-corrected chi connectivity index (χ4v) is 6.00. The second-order valence-electron chi connectivity index (χ2n) is 7.87. The highest BCUT2D eigenvalue weighted by atomic mass is 32.2. The predicted molar refractivity (Wildman–Crippen MR) is 111 cm³/mol. The first kappa shape index (κ1) is 19.8. The van der Waals surface area contributed by atoms with Crippen molar-refractivity contribution in [1.29, 1.82) is 0 Å². The summed E-state index contributed by atoms with van der Waals surface area (Å²) in [5.74, 6) is 0.128. The lowest BCUT2D eigenvalue weighted by Crippen LogP contribution is -2.35. The Bertz CT molecular complexity index is 1180. The normalized spacial score (nSPS) is 18.2. The Morgan fingerprint density at radius 3 is 2.58 bits per heavy atom. The highest BCUT2D eigenvalue weighted by molar-refractivity contribution is 7.92. The standard InChI is InChI=1S/C19H22N6O5S/c26-19(21-17-14-6-1-4-12(14)10-13-5-2-7-15(13)17)22-31(29,23-25(27)28)16-11-20-24-8-3-9-30-18(16)24/h10-11H,1-9H2,(H2,21,22,23,26,29). The van der Waals surface area contributed by atoms with Crippen molar-refractivity contribution in [3.05, 3.63) is 44.6 Å². The molecule has 164 valence electrons. The number of carbonyl (C=O) groups excluding carboxylic acids is 1. The Balaban J connectivity index is 1.49. The molecule has 0 saturated carbocycles. The van der Waals surface area contributed by atoms with Crippen molar-refractivity contribution in [2.45, 2.75) is 56.4 Å². The molecule has 1 aromatic heterocycles. The van der Waals surface area contributed by atoms with Crippen molar-refractivity contribution < 1.29 is 18.8 Å². The lowest BCUT2D eigenvalue weighted by atomic mass is 9.99. The second-order valence-corrected chi connectivity index (χ2v) is 9.73. The van der Waals surface area contributed by atoms with Crippen molar-refractivity contribution in [3.8, 4) is 5.88 Å². The number of hydrogen-bond donors (Lipinski definition) is 2. The van der Waals surface area contributed by atoms with E-state index in [1.165, 1.54) is 22.0 Å². The van der Waals surface area contributed by atoms with Gasteiger partial charge in [0.1, 0.15) is 4.47 Å². The quantitative estimate of drug-likeness (QED) is 0.546. The van der Waals surface area contributed by atoms with E-state index in [9.17, 15) is 19.1 Å². The van der Waals surface area contributed by atoms with Gasteiger partial charge in [-0.2, -0.15) is 5.10 Å². The van der Waals surface area contributed by atoms with Crippen LogP contribution in [0.5, 0.6) is 5.88 Å². The number of nitrogens with zero attached hydrogens (tertiary/aromatic N) is 4. The predicted octanol–water partition coefficient (Wildman–Crippen LogP) is 2.40. The third-order valence-corrected chi connectivity index (χ3v) is 7.64. The van der Waals surface area contributed by atoms with Gasteiger partial charge in [0.25, 0.3) is 0 Å². The van der Waals surface area contributed by atoms with Gasteiger partial charge in [0.05, 0.1) is 12.8 Å². The van der Waals surface area contributed by atoms with Crippen LogP contribution in [0.3, 0.4) is 0 Å². The number of fused-ring (bicyclic) bond motifs is 3. The third-order valence-electron chi connectivity index (χ3n) is 5.93. The smallest absolute Gasteiger partial charge is 0.332 e. The van der Waals surface area contributed by atoms with Crippen molar-refractivity contribution in [1.82, 2.24) is 14.5 Å². The number of aromatic nitrogens is 2. The summed E-state index contributed by atoms with van der Waals surface area (Å²) in [4.78, 5) is 24.0. The molecule has 0 saturated heterocycles. The number of rotatable bonds is 4. The first-order chi connectivity index (χ1) is 14.9. The molecule has 1 atom stereocenters. The number of ether oxygens (including phenoxy) is 1. The molecule has 1 unspecified atom stereocenters. The maximum atomic E-state index is 13.5. The molecule has 2 aliphatic carbocycles. The molecule has 0 radical (unpaired) electrons. The van der Waals surface area contributed by atoms with Crippen LogP contribution in [0.15, 0.2) is 21.6 Å². The van der Waals surface area contributed by atoms with E-state index in [1.807, 2.05) is 0 Å². The maximum Gasteiger partial charge on any atom is 0.332 e. The molecule has 0 fully saturated rings. The van der Waals surface area contributed by atoms with Crippen LogP contribution in [0.25, 0.3) is 0 Å². The van der Waals surface area contributed by atoms with Crippen LogP contribution in [0.2, 0.25) is 0 Å². The van der Waals surface area contributed by atoms with E-state index in [2.05, 4.69) is 25.7 Å². The van der Waals surface area contributed by atoms with Gasteiger partial charge in [-0.1, -0.05) is 6.07 Å². The zero-order valence-electron chi connectivity index (χ0n) is 16.8. The molecular formula is C19H22N6O5S. The van der Waals surface area contributed by atoms with Crippen molar-refractivity contribution >= 4 is 21.6 Å². The molecule has 5 rings (SSSR count). The Morgan fingerprint density at radius 1 is 1.19 bits per heavy atom. The summed E-state index contributed by atoms with van der Waals surface area (Å²) in [7, 11) is -3.96. The van der Waals surface area contributed by atoms with Gasteiger partial charge in [0, 0.05) is 18.7 Å². The average Bonchev–Trinajstić information content (AvgIpc) is 3.46. The summed E-state index contributed by atoms with van der Waals surface area (Å²) in [6, 6.07) is 1.43. The van der Waals surface area contributed by atoms with E-state index >= 15 is 0 Å². The van der Waals surface area contributed by atoms with Crippen molar-refractivity contribution in [2.24, 2.45) is 4.47 Å². The molecule has 0 spiro atoms. The van der Waals surface area contributed by atoms with Gasteiger partial charge >= 0.3 is 6.03 Å². The summed E-state index contributed by atoms with van der Waals surface area (Å²) >= 11 is 0. The Kier molecular flexibility index (Phi) is 4.80. The van der Waals surface area contributed by atoms with E-state index < -0.39 is 21.0 Å². The van der Waals surface area contributed by atoms with Crippen molar-refractivity contribution in [3.63, 3.8) is 0 Å². The van der Waals surface area contributed by atoms with Gasteiger partial charge < -0.3 is 10.1 Å². The minimum atomic E-state index is -3.96. The summed E-state index contributed by atoms with van der Waals surface area (Å²) in [5.41, 5.74) is 5.40. The molecule has 1 aliphatic heterocycles. The topological polar surface area (TPSA) is 141 Å². The third kappa shape index (κ3) is 3.50. The number of amides is 2. The number of benzene rings is 1. The average molecular weight is 446 g/mol. The van der Waals surface area contributed by atoms with Gasteiger partial charge in [0.15, 0.2) is 4.90 Å². The highest BCUT2D eigenvalue weighted by Gasteiger charge is 2.31. The Morgan fingerprint density at radius 2 is 1.90 bits per heavy atom.